The molecule has 1 aromatic carbocycles. The average Bonchev–Trinajstić information content (AvgIpc) is 2.68. The van der Waals surface area contributed by atoms with Crippen molar-refractivity contribution in [2.24, 2.45) is 4.99 Å². The van der Waals surface area contributed by atoms with Crippen LogP contribution >= 0.6 is 0 Å². The van der Waals surface area contributed by atoms with E-state index in [0.29, 0.717) is 42.9 Å². The molecule has 0 saturated carbocycles. The Labute approximate surface area is 165 Å². The van der Waals surface area contributed by atoms with Crippen LogP contribution in [-0.2, 0) is 14.8 Å². The van der Waals surface area contributed by atoms with Crippen molar-refractivity contribution >= 4 is 15.9 Å². The lowest BCUT2D eigenvalue weighted by Gasteiger charge is -2.26. The zero-order chi connectivity index (χ0) is 20.3. The standard InChI is InChI=1S/C20H25N3O4S/c1-15(2)21-19-6-4-5-9-23(19)20(24)17-8-7-16(3)18(14-17)28(25,26)22-10-12-27-13-11-22/h4-9,14-15H,10-13H2,1-3H3. The fraction of sp³-hybridized carbons (Fsp3) is 0.400. The first-order valence-corrected chi connectivity index (χ1v) is 10.7. The lowest BCUT2D eigenvalue weighted by molar-refractivity contribution is 0.0730. The first-order valence-electron chi connectivity index (χ1n) is 9.25. The molecule has 2 heterocycles. The van der Waals surface area contributed by atoms with Gasteiger partial charge in [-0.3, -0.25) is 14.4 Å². The Kier molecular flexibility index (Phi) is 6.12. The molecule has 0 aliphatic carbocycles. The Hall–Kier alpha value is -2.29. The van der Waals surface area contributed by atoms with Gasteiger partial charge in [0.15, 0.2) is 0 Å². The Morgan fingerprint density at radius 2 is 1.86 bits per heavy atom. The van der Waals surface area contributed by atoms with E-state index in [9.17, 15) is 13.2 Å². The predicted molar refractivity (Wildman–Crippen MR) is 106 cm³/mol. The van der Waals surface area contributed by atoms with Gasteiger partial charge in [-0.05, 0) is 50.6 Å². The summed E-state index contributed by atoms with van der Waals surface area (Å²) in [6, 6.07) is 10.1. The maximum Gasteiger partial charge on any atom is 0.263 e. The van der Waals surface area contributed by atoms with Crippen LogP contribution in [0.15, 0.2) is 52.5 Å². The number of ether oxygens (including phenoxy) is 1. The third-order valence-corrected chi connectivity index (χ3v) is 6.51. The van der Waals surface area contributed by atoms with E-state index >= 15 is 0 Å². The van der Waals surface area contributed by atoms with Crippen molar-refractivity contribution in [2.45, 2.75) is 31.7 Å². The number of rotatable bonds is 4. The number of hydrogen-bond donors (Lipinski definition) is 0. The average molecular weight is 404 g/mol. The highest BCUT2D eigenvalue weighted by molar-refractivity contribution is 7.89. The molecular weight excluding hydrogens is 378 g/mol. The van der Waals surface area contributed by atoms with Crippen molar-refractivity contribution in [3.63, 3.8) is 0 Å². The van der Waals surface area contributed by atoms with Gasteiger partial charge in [-0.15, -0.1) is 0 Å². The van der Waals surface area contributed by atoms with Gasteiger partial charge < -0.3 is 4.74 Å². The van der Waals surface area contributed by atoms with Crippen molar-refractivity contribution in [1.29, 1.82) is 0 Å². The highest BCUT2D eigenvalue weighted by atomic mass is 32.2. The molecule has 1 aromatic heterocycles. The molecule has 28 heavy (non-hydrogen) atoms. The molecule has 0 radical (unpaired) electrons. The van der Waals surface area contributed by atoms with Gasteiger partial charge in [0.25, 0.3) is 5.91 Å². The van der Waals surface area contributed by atoms with Crippen LogP contribution in [0.1, 0.15) is 29.8 Å². The molecule has 1 aliphatic heterocycles. The van der Waals surface area contributed by atoms with Crippen molar-refractivity contribution in [3.8, 4) is 0 Å². The summed E-state index contributed by atoms with van der Waals surface area (Å²) in [6.07, 6.45) is 1.64. The van der Waals surface area contributed by atoms with Crippen LogP contribution in [0.3, 0.4) is 0 Å². The van der Waals surface area contributed by atoms with E-state index in [0.717, 1.165) is 0 Å². The summed E-state index contributed by atoms with van der Waals surface area (Å²) >= 11 is 0. The van der Waals surface area contributed by atoms with Gasteiger partial charge in [-0.25, -0.2) is 8.42 Å². The van der Waals surface area contributed by atoms with Crippen LogP contribution in [-0.4, -0.2) is 55.5 Å². The number of carbonyl (C=O) groups excluding carboxylic acids is 1. The normalized spacial score (nSPS) is 16.5. The number of aromatic nitrogens is 1. The maximum absolute atomic E-state index is 13.1. The minimum Gasteiger partial charge on any atom is -0.379 e. The first-order chi connectivity index (χ1) is 13.3. The number of hydrogen-bond acceptors (Lipinski definition) is 5. The zero-order valence-electron chi connectivity index (χ0n) is 16.3. The lowest BCUT2D eigenvalue weighted by atomic mass is 10.1. The topological polar surface area (TPSA) is 81.0 Å². The van der Waals surface area contributed by atoms with E-state index in [1.165, 1.54) is 14.9 Å². The molecule has 150 valence electrons. The van der Waals surface area contributed by atoms with E-state index in [4.69, 9.17) is 4.74 Å². The zero-order valence-corrected chi connectivity index (χ0v) is 17.1. The third kappa shape index (κ3) is 4.24. The number of nitrogens with zero attached hydrogens (tertiary/aromatic N) is 3. The summed E-state index contributed by atoms with van der Waals surface area (Å²) in [5.41, 5.74) is 1.43. The van der Waals surface area contributed by atoms with Crippen molar-refractivity contribution in [3.05, 3.63) is 59.2 Å². The molecule has 0 N–H and O–H groups in total. The third-order valence-electron chi connectivity index (χ3n) is 4.47. The van der Waals surface area contributed by atoms with E-state index < -0.39 is 10.0 Å². The molecule has 0 spiro atoms. The number of sulfonamides is 1. The van der Waals surface area contributed by atoms with Crippen LogP contribution in [0.5, 0.6) is 0 Å². The molecule has 0 atom stereocenters. The molecule has 3 rings (SSSR count). The summed E-state index contributed by atoms with van der Waals surface area (Å²) in [4.78, 5) is 17.7. The van der Waals surface area contributed by atoms with Gasteiger partial charge in [-0.2, -0.15) is 4.31 Å². The molecule has 0 unspecified atom stereocenters. The van der Waals surface area contributed by atoms with Crippen molar-refractivity contribution in [2.75, 3.05) is 26.3 Å². The molecule has 0 amide bonds. The highest BCUT2D eigenvalue weighted by Gasteiger charge is 2.28. The van der Waals surface area contributed by atoms with Gasteiger partial charge in [0.05, 0.1) is 18.1 Å². The van der Waals surface area contributed by atoms with E-state index in [1.807, 2.05) is 19.9 Å². The summed E-state index contributed by atoms with van der Waals surface area (Å²) in [6.45, 7) is 6.96. The second-order valence-electron chi connectivity index (χ2n) is 6.95. The predicted octanol–water partition coefficient (Wildman–Crippen LogP) is 1.82. The van der Waals surface area contributed by atoms with Crippen molar-refractivity contribution < 1.29 is 17.9 Å². The van der Waals surface area contributed by atoms with E-state index in [2.05, 4.69) is 4.99 Å². The number of benzene rings is 1. The monoisotopic (exact) mass is 403 g/mol. The number of morpholine rings is 1. The lowest BCUT2D eigenvalue weighted by Crippen LogP contribution is -2.41. The minimum atomic E-state index is -3.69. The first kappa shape index (κ1) is 20.4. The largest absolute Gasteiger partial charge is 0.379 e. The highest BCUT2D eigenvalue weighted by Crippen LogP contribution is 2.22. The number of aryl methyl sites for hydroxylation is 1. The Balaban J connectivity index is 2.04. The van der Waals surface area contributed by atoms with Crippen LogP contribution in [0, 0.1) is 6.92 Å². The van der Waals surface area contributed by atoms with Gasteiger partial charge >= 0.3 is 0 Å². The Morgan fingerprint density at radius 1 is 1.14 bits per heavy atom. The van der Waals surface area contributed by atoms with Gasteiger partial charge in [0.1, 0.15) is 5.49 Å². The van der Waals surface area contributed by atoms with Gasteiger partial charge in [-0.1, -0.05) is 12.1 Å². The van der Waals surface area contributed by atoms with Crippen LogP contribution < -0.4 is 5.49 Å². The molecular formula is C20H25N3O4S. The van der Waals surface area contributed by atoms with Crippen LogP contribution in [0.25, 0.3) is 0 Å². The minimum absolute atomic E-state index is 0.0247. The second-order valence-corrected chi connectivity index (χ2v) is 8.86. The summed E-state index contributed by atoms with van der Waals surface area (Å²) in [5.74, 6) is -0.321. The fourth-order valence-corrected chi connectivity index (χ4v) is 4.71. The number of carbonyl (C=O) groups is 1. The van der Waals surface area contributed by atoms with E-state index in [1.54, 1.807) is 37.4 Å². The molecule has 1 fully saturated rings. The molecule has 7 nitrogen and oxygen atoms in total. The second kappa shape index (κ2) is 8.38. The Morgan fingerprint density at radius 3 is 2.54 bits per heavy atom. The van der Waals surface area contributed by atoms with Crippen molar-refractivity contribution in [1.82, 2.24) is 8.87 Å². The van der Waals surface area contributed by atoms with Gasteiger partial charge in [0.2, 0.25) is 10.0 Å². The van der Waals surface area contributed by atoms with E-state index in [-0.39, 0.29) is 16.8 Å². The molecule has 1 saturated heterocycles. The summed E-state index contributed by atoms with van der Waals surface area (Å²) in [7, 11) is -3.69. The smallest absolute Gasteiger partial charge is 0.263 e. The molecule has 2 aromatic rings. The summed E-state index contributed by atoms with van der Waals surface area (Å²) in [5, 5.41) is 0. The Bertz CT molecular complexity index is 1040. The quantitative estimate of drug-likeness (QED) is 0.780. The molecule has 1 aliphatic rings. The van der Waals surface area contributed by atoms with Gasteiger partial charge in [0, 0.05) is 30.9 Å². The fourth-order valence-electron chi connectivity index (χ4n) is 3.05. The molecule has 0 bridgehead atoms. The summed E-state index contributed by atoms with van der Waals surface area (Å²) < 4.78 is 34.2. The van der Waals surface area contributed by atoms with Crippen LogP contribution in [0.2, 0.25) is 0 Å². The SMILES string of the molecule is Cc1ccc(C(=O)n2ccccc2=NC(C)C)cc1S(=O)(=O)N1CCOCC1. The molecule has 8 heteroatoms. The maximum atomic E-state index is 13.1. The number of pyridine rings is 1. The van der Waals surface area contributed by atoms with Crippen LogP contribution in [0.4, 0.5) is 0 Å².